The number of nitrogens with one attached hydrogen (secondary N) is 1. The highest BCUT2D eigenvalue weighted by Gasteiger charge is 2.03. The molecule has 0 radical (unpaired) electrons. The highest BCUT2D eigenvalue weighted by Crippen LogP contribution is 2.01. The van der Waals surface area contributed by atoms with Gasteiger partial charge in [0.2, 0.25) is 5.91 Å². The lowest BCUT2D eigenvalue weighted by Gasteiger charge is -2.04. The van der Waals surface area contributed by atoms with Gasteiger partial charge in [0.25, 0.3) is 0 Å². The summed E-state index contributed by atoms with van der Waals surface area (Å²) in [4.78, 5) is 10.5. The van der Waals surface area contributed by atoms with Gasteiger partial charge in [0, 0.05) is 5.75 Å². The van der Waals surface area contributed by atoms with Crippen LogP contribution in [0.2, 0.25) is 0 Å². The predicted octanol–water partition coefficient (Wildman–Crippen LogP) is -1.94. The molecule has 0 aromatic carbocycles. The van der Waals surface area contributed by atoms with E-state index < -0.39 is 6.10 Å². The summed E-state index contributed by atoms with van der Waals surface area (Å²) in [5.74, 6) is 5.04. The van der Waals surface area contributed by atoms with Gasteiger partial charge >= 0.3 is 0 Å². The number of carbonyl (C=O) groups excluding carboxylic acids is 1. The molecule has 1 amide bonds. The second kappa shape index (κ2) is 6.41. The van der Waals surface area contributed by atoms with Crippen molar-refractivity contribution in [1.82, 2.24) is 5.43 Å². The number of hydrogen-bond donors (Lipinski definition) is 4. The number of thioether (sulfide) groups is 1. The Labute approximate surface area is 68.9 Å². The molecule has 0 fully saturated rings. The first kappa shape index (κ1) is 10.7. The Hall–Kier alpha value is -0.300. The average Bonchev–Trinajstić information content (AvgIpc) is 2.04. The highest BCUT2D eigenvalue weighted by molar-refractivity contribution is 7.99. The van der Waals surface area contributed by atoms with E-state index in [9.17, 15) is 4.79 Å². The zero-order valence-corrected chi connectivity index (χ0v) is 6.80. The molecule has 0 aliphatic heterocycles. The molecule has 0 rings (SSSR count). The van der Waals surface area contributed by atoms with Crippen LogP contribution in [0.4, 0.5) is 0 Å². The molecule has 1 unspecified atom stereocenters. The Morgan fingerprint density at radius 1 is 1.73 bits per heavy atom. The fourth-order valence-electron chi connectivity index (χ4n) is 0.382. The summed E-state index contributed by atoms with van der Waals surface area (Å²) in [5, 5.41) is 17.2. The standard InChI is InChI=1S/C5H12N2O3S/c6-7-5(10)3-11-2-4(9)1-8/h4,8-9H,1-3,6H2,(H,7,10). The molecular formula is C5H12N2O3S. The number of amides is 1. The largest absolute Gasteiger partial charge is 0.394 e. The van der Waals surface area contributed by atoms with Crippen LogP contribution >= 0.6 is 11.8 Å². The Morgan fingerprint density at radius 2 is 2.36 bits per heavy atom. The van der Waals surface area contributed by atoms with Gasteiger partial charge in [0.1, 0.15) is 0 Å². The van der Waals surface area contributed by atoms with Gasteiger partial charge in [0.05, 0.1) is 18.5 Å². The molecule has 6 heteroatoms. The van der Waals surface area contributed by atoms with E-state index in [2.05, 4.69) is 0 Å². The van der Waals surface area contributed by atoms with E-state index in [0.717, 1.165) is 0 Å². The summed E-state index contributed by atoms with van der Waals surface area (Å²) < 4.78 is 0. The fourth-order valence-corrected chi connectivity index (χ4v) is 1.15. The van der Waals surface area contributed by atoms with Gasteiger partial charge in [-0.1, -0.05) is 0 Å². The van der Waals surface area contributed by atoms with Gasteiger partial charge in [0.15, 0.2) is 0 Å². The van der Waals surface area contributed by atoms with Crippen LogP contribution in [0.25, 0.3) is 0 Å². The summed E-state index contributed by atoms with van der Waals surface area (Å²) in [6, 6.07) is 0. The molecule has 0 aromatic heterocycles. The number of hydrazine groups is 1. The number of aliphatic hydroxyl groups excluding tert-OH is 2. The van der Waals surface area contributed by atoms with E-state index >= 15 is 0 Å². The zero-order chi connectivity index (χ0) is 8.69. The third-order valence-corrected chi connectivity index (χ3v) is 2.00. The van der Waals surface area contributed by atoms with Crippen molar-refractivity contribution < 1.29 is 15.0 Å². The van der Waals surface area contributed by atoms with Gasteiger partial charge in [-0.3, -0.25) is 10.2 Å². The number of aliphatic hydroxyl groups is 2. The van der Waals surface area contributed by atoms with Crippen LogP contribution in [0.3, 0.4) is 0 Å². The van der Waals surface area contributed by atoms with Crippen molar-refractivity contribution in [3.8, 4) is 0 Å². The molecule has 0 spiro atoms. The molecule has 0 aliphatic carbocycles. The summed E-state index contributed by atoms with van der Waals surface area (Å²) in [7, 11) is 0. The lowest BCUT2D eigenvalue weighted by atomic mass is 10.4. The first-order valence-corrected chi connectivity index (χ1v) is 4.22. The summed E-state index contributed by atoms with van der Waals surface area (Å²) in [6.45, 7) is -0.281. The first-order valence-electron chi connectivity index (χ1n) is 3.06. The normalized spacial score (nSPS) is 12.6. The number of rotatable bonds is 5. The van der Waals surface area contributed by atoms with Crippen LogP contribution in [0.15, 0.2) is 0 Å². The van der Waals surface area contributed by atoms with E-state index in [1.807, 2.05) is 5.43 Å². The van der Waals surface area contributed by atoms with Crippen LogP contribution in [0.5, 0.6) is 0 Å². The Balaban J connectivity index is 3.20. The molecule has 5 N–H and O–H groups in total. The second-order valence-electron chi connectivity index (χ2n) is 1.92. The van der Waals surface area contributed by atoms with Crippen LogP contribution < -0.4 is 11.3 Å². The molecule has 0 aromatic rings. The van der Waals surface area contributed by atoms with Crippen LogP contribution in [0, 0.1) is 0 Å². The monoisotopic (exact) mass is 180 g/mol. The maximum absolute atomic E-state index is 10.5. The van der Waals surface area contributed by atoms with E-state index in [4.69, 9.17) is 16.1 Å². The van der Waals surface area contributed by atoms with Gasteiger partial charge in [-0.2, -0.15) is 0 Å². The third-order valence-electron chi connectivity index (χ3n) is 0.915. The van der Waals surface area contributed by atoms with Gasteiger partial charge in [-0.15, -0.1) is 11.8 Å². The lowest BCUT2D eigenvalue weighted by molar-refractivity contribution is -0.118. The summed E-state index contributed by atoms with van der Waals surface area (Å²) in [6.07, 6.45) is -0.759. The van der Waals surface area contributed by atoms with Crippen molar-refractivity contribution in [3.05, 3.63) is 0 Å². The summed E-state index contributed by atoms with van der Waals surface area (Å²) in [5.41, 5.74) is 1.95. The number of carbonyl (C=O) groups is 1. The van der Waals surface area contributed by atoms with Crippen molar-refractivity contribution in [2.75, 3.05) is 18.1 Å². The third kappa shape index (κ3) is 6.11. The smallest absolute Gasteiger partial charge is 0.243 e. The molecular weight excluding hydrogens is 168 g/mol. The van der Waals surface area contributed by atoms with E-state index in [0.29, 0.717) is 5.75 Å². The minimum Gasteiger partial charge on any atom is -0.394 e. The second-order valence-corrected chi connectivity index (χ2v) is 2.95. The Morgan fingerprint density at radius 3 is 2.82 bits per heavy atom. The molecule has 5 nitrogen and oxygen atoms in total. The molecule has 0 heterocycles. The van der Waals surface area contributed by atoms with Crippen molar-refractivity contribution in [1.29, 1.82) is 0 Å². The SMILES string of the molecule is NNC(=O)CSCC(O)CO. The topological polar surface area (TPSA) is 95.6 Å². The maximum atomic E-state index is 10.5. The van der Waals surface area contributed by atoms with Crippen molar-refractivity contribution >= 4 is 17.7 Å². The molecule has 0 aliphatic rings. The molecule has 66 valence electrons. The first-order chi connectivity index (χ1) is 5.20. The lowest BCUT2D eigenvalue weighted by Crippen LogP contribution is -2.32. The number of nitrogens with two attached hydrogens (primary N) is 1. The van der Waals surface area contributed by atoms with Crippen molar-refractivity contribution in [2.24, 2.45) is 5.84 Å². The van der Waals surface area contributed by atoms with Crippen LogP contribution in [-0.4, -0.2) is 40.3 Å². The molecule has 0 saturated carbocycles. The maximum Gasteiger partial charge on any atom is 0.243 e. The van der Waals surface area contributed by atoms with Crippen LogP contribution in [0.1, 0.15) is 0 Å². The number of hydrogen-bond acceptors (Lipinski definition) is 5. The van der Waals surface area contributed by atoms with Crippen LogP contribution in [-0.2, 0) is 4.79 Å². The van der Waals surface area contributed by atoms with Gasteiger partial charge in [-0.05, 0) is 0 Å². The predicted molar refractivity (Wildman–Crippen MR) is 42.7 cm³/mol. The van der Waals surface area contributed by atoms with Gasteiger partial charge in [-0.25, -0.2) is 5.84 Å². The Kier molecular flexibility index (Phi) is 6.24. The van der Waals surface area contributed by atoms with Gasteiger partial charge < -0.3 is 10.2 Å². The molecule has 0 saturated heterocycles. The summed E-state index contributed by atoms with van der Waals surface area (Å²) >= 11 is 1.22. The quantitative estimate of drug-likeness (QED) is 0.224. The zero-order valence-electron chi connectivity index (χ0n) is 5.99. The minimum atomic E-state index is -0.759. The molecule has 11 heavy (non-hydrogen) atoms. The van der Waals surface area contributed by atoms with Crippen molar-refractivity contribution in [3.63, 3.8) is 0 Å². The molecule has 0 bridgehead atoms. The fraction of sp³-hybridized carbons (Fsp3) is 0.800. The average molecular weight is 180 g/mol. The van der Waals surface area contributed by atoms with E-state index in [1.165, 1.54) is 11.8 Å². The highest BCUT2D eigenvalue weighted by atomic mass is 32.2. The van der Waals surface area contributed by atoms with E-state index in [-0.39, 0.29) is 18.3 Å². The van der Waals surface area contributed by atoms with Crippen molar-refractivity contribution in [2.45, 2.75) is 6.10 Å². The molecule has 1 atom stereocenters. The minimum absolute atomic E-state index is 0.202. The van der Waals surface area contributed by atoms with E-state index in [1.54, 1.807) is 0 Å². The Bertz CT molecular complexity index is 122.